The Labute approximate surface area is 211 Å². The fourth-order valence-electron chi connectivity index (χ4n) is 5.08. The molecule has 0 N–H and O–H groups in total. The van der Waals surface area contributed by atoms with Crippen molar-refractivity contribution in [2.75, 3.05) is 26.2 Å². The molecule has 1 atom stereocenters. The van der Waals surface area contributed by atoms with E-state index < -0.39 is 10.0 Å². The number of hydrogen-bond acceptors (Lipinski definition) is 5. The summed E-state index contributed by atoms with van der Waals surface area (Å²) in [5.41, 5.74) is 4.50. The largest absolute Gasteiger partial charge is 0.294 e. The van der Waals surface area contributed by atoms with E-state index in [1.807, 2.05) is 6.20 Å². The summed E-state index contributed by atoms with van der Waals surface area (Å²) in [6, 6.07) is 10.4. The summed E-state index contributed by atoms with van der Waals surface area (Å²) in [5.74, 6) is -0.289. The van der Waals surface area contributed by atoms with E-state index in [1.165, 1.54) is 18.3 Å². The number of benzene rings is 2. The van der Waals surface area contributed by atoms with Crippen molar-refractivity contribution in [3.63, 3.8) is 0 Å². The molecule has 2 aromatic carbocycles. The summed E-state index contributed by atoms with van der Waals surface area (Å²) < 4.78 is 45.5. The number of aryl methyl sites for hydroxylation is 2. The summed E-state index contributed by atoms with van der Waals surface area (Å²) >= 11 is 0. The van der Waals surface area contributed by atoms with Crippen molar-refractivity contribution < 1.29 is 12.8 Å². The van der Waals surface area contributed by atoms with E-state index in [-0.39, 0.29) is 16.8 Å². The van der Waals surface area contributed by atoms with Gasteiger partial charge in [0.1, 0.15) is 10.7 Å². The quantitative estimate of drug-likeness (QED) is 0.392. The number of rotatable bonds is 6. The fourth-order valence-corrected chi connectivity index (χ4v) is 6.70. The Kier molecular flexibility index (Phi) is 6.44. The normalized spacial score (nSPS) is 17.8. The summed E-state index contributed by atoms with van der Waals surface area (Å²) in [4.78, 5) is 2.64. The lowest BCUT2D eigenvalue weighted by Crippen LogP contribution is -2.50. The predicted molar refractivity (Wildman–Crippen MR) is 137 cm³/mol. The van der Waals surface area contributed by atoms with Gasteiger partial charge < -0.3 is 0 Å². The van der Waals surface area contributed by atoms with Gasteiger partial charge in [0.25, 0.3) is 0 Å². The molecule has 0 radical (unpaired) electrons. The van der Waals surface area contributed by atoms with E-state index in [0.717, 1.165) is 40.7 Å². The highest BCUT2D eigenvalue weighted by molar-refractivity contribution is 7.89. The third-order valence-corrected chi connectivity index (χ3v) is 9.13. The summed E-state index contributed by atoms with van der Waals surface area (Å²) in [6.07, 6.45) is 4.23. The van der Waals surface area contributed by atoms with Crippen molar-refractivity contribution in [3.8, 4) is 5.69 Å². The lowest BCUT2D eigenvalue weighted by molar-refractivity contribution is 0.118. The van der Waals surface area contributed by atoms with Crippen LogP contribution in [-0.2, 0) is 17.1 Å². The first-order valence-electron chi connectivity index (χ1n) is 12.2. The molecule has 36 heavy (non-hydrogen) atoms. The van der Waals surface area contributed by atoms with E-state index in [4.69, 9.17) is 0 Å². The maximum Gasteiger partial charge on any atom is 0.246 e. The van der Waals surface area contributed by atoms with Crippen molar-refractivity contribution in [3.05, 3.63) is 71.4 Å². The van der Waals surface area contributed by atoms with Crippen LogP contribution in [0.2, 0.25) is 0 Å². The van der Waals surface area contributed by atoms with Gasteiger partial charge in [-0.15, -0.1) is 0 Å². The molecule has 3 heterocycles. The van der Waals surface area contributed by atoms with E-state index >= 15 is 0 Å². The zero-order valence-electron chi connectivity index (χ0n) is 21.0. The average molecular weight is 511 g/mol. The first-order chi connectivity index (χ1) is 17.2. The lowest BCUT2D eigenvalue weighted by atomic mass is 9.96. The minimum atomic E-state index is -3.67. The second-order valence-electron chi connectivity index (χ2n) is 9.43. The standard InChI is InChI=1S/C26H31FN6O2S/c1-5-10-31-11-12-32(36(34,35)26-16-28-30(4)19(26)3)17-25(31)23-14-20-15-29-33(24(20)13-18(23)2)22-8-6-21(27)7-9-22/h6-9,13-16,25H,5,10-12,17H2,1-4H3/t25-/m1/s1. The van der Waals surface area contributed by atoms with Crippen LogP contribution in [0.15, 0.2) is 53.7 Å². The highest BCUT2D eigenvalue weighted by atomic mass is 32.2. The number of nitrogens with zero attached hydrogens (tertiary/aromatic N) is 6. The molecule has 2 aromatic heterocycles. The smallest absolute Gasteiger partial charge is 0.246 e. The molecule has 0 bridgehead atoms. The minimum absolute atomic E-state index is 0.0796. The molecular formula is C26H31FN6O2S. The van der Waals surface area contributed by atoms with Crippen LogP contribution in [0.25, 0.3) is 16.6 Å². The first kappa shape index (κ1) is 24.6. The van der Waals surface area contributed by atoms with Crippen LogP contribution in [-0.4, -0.2) is 63.4 Å². The first-order valence-corrected chi connectivity index (χ1v) is 13.6. The second-order valence-corrected chi connectivity index (χ2v) is 11.3. The van der Waals surface area contributed by atoms with Crippen LogP contribution in [0.3, 0.4) is 0 Å². The Morgan fingerprint density at radius 2 is 1.81 bits per heavy atom. The molecule has 0 amide bonds. The summed E-state index contributed by atoms with van der Waals surface area (Å²) in [6.45, 7) is 8.33. The zero-order chi connectivity index (χ0) is 25.6. The molecule has 0 unspecified atom stereocenters. The molecule has 190 valence electrons. The van der Waals surface area contributed by atoms with E-state index in [0.29, 0.717) is 25.3 Å². The van der Waals surface area contributed by atoms with Crippen LogP contribution >= 0.6 is 0 Å². The number of aromatic nitrogens is 4. The van der Waals surface area contributed by atoms with Gasteiger partial charge in [-0.05, 0) is 74.3 Å². The molecule has 5 rings (SSSR count). The monoisotopic (exact) mass is 510 g/mol. The summed E-state index contributed by atoms with van der Waals surface area (Å²) in [7, 11) is -1.91. The van der Waals surface area contributed by atoms with Gasteiger partial charge in [-0.2, -0.15) is 14.5 Å². The van der Waals surface area contributed by atoms with Crippen LogP contribution < -0.4 is 0 Å². The second kappa shape index (κ2) is 9.42. The van der Waals surface area contributed by atoms with Crippen LogP contribution in [0, 0.1) is 19.7 Å². The van der Waals surface area contributed by atoms with Crippen LogP contribution in [0.5, 0.6) is 0 Å². The Balaban J connectivity index is 1.53. The minimum Gasteiger partial charge on any atom is -0.294 e. The Morgan fingerprint density at radius 1 is 1.06 bits per heavy atom. The van der Waals surface area contributed by atoms with Gasteiger partial charge in [-0.3, -0.25) is 9.58 Å². The average Bonchev–Trinajstić information content (AvgIpc) is 3.42. The molecule has 0 saturated carbocycles. The maximum atomic E-state index is 13.6. The van der Waals surface area contributed by atoms with Gasteiger partial charge in [0, 0.05) is 38.1 Å². The number of fused-ring (bicyclic) bond motifs is 1. The highest BCUT2D eigenvalue weighted by Crippen LogP contribution is 2.34. The van der Waals surface area contributed by atoms with E-state index in [2.05, 4.69) is 41.1 Å². The molecule has 0 aliphatic carbocycles. The molecule has 1 aliphatic heterocycles. The van der Waals surface area contributed by atoms with Gasteiger partial charge in [0.15, 0.2) is 0 Å². The molecular weight excluding hydrogens is 479 g/mol. The molecule has 8 nitrogen and oxygen atoms in total. The Hall–Kier alpha value is -3.08. The molecule has 10 heteroatoms. The number of sulfonamides is 1. The zero-order valence-corrected chi connectivity index (χ0v) is 21.8. The summed E-state index contributed by atoms with van der Waals surface area (Å²) in [5, 5.41) is 9.66. The van der Waals surface area contributed by atoms with E-state index in [1.54, 1.807) is 39.8 Å². The predicted octanol–water partition coefficient (Wildman–Crippen LogP) is 3.97. The maximum absolute atomic E-state index is 13.6. The third-order valence-electron chi connectivity index (χ3n) is 7.16. The van der Waals surface area contributed by atoms with Gasteiger partial charge in [-0.1, -0.05) is 6.92 Å². The topological polar surface area (TPSA) is 76.3 Å². The highest BCUT2D eigenvalue weighted by Gasteiger charge is 2.36. The van der Waals surface area contributed by atoms with Crippen molar-refractivity contribution in [2.45, 2.75) is 38.1 Å². The Bertz CT molecular complexity index is 1510. The fraction of sp³-hybridized carbons (Fsp3) is 0.385. The van der Waals surface area contributed by atoms with E-state index in [9.17, 15) is 12.8 Å². The number of hydrogen-bond donors (Lipinski definition) is 0. The van der Waals surface area contributed by atoms with Crippen LogP contribution in [0.1, 0.15) is 36.2 Å². The number of halogens is 1. The van der Waals surface area contributed by atoms with Gasteiger partial charge in [0.05, 0.1) is 29.3 Å². The van der Waals surface area contributed by atoms with Crippen molar-refractivity contribution in [1.82, 2.24) is 28.8 Å². The third kappa shape index (κ3) is 4.23. The lowest BCUT2D eigenvalue weighted by Gasteiger charge is -2.41. The SMILES string of the molecule is CCCN1CCN(S(=O)(=O)c2cnn(C)c2C)C[C@@H]1c1cc2cnn(-c3ccc(F)cc3)c2cc1C. The van der Waals surface area contributed by atoms with Gasteiger partial charge in [-0.25, -0.2) is 17.5 Å². The molecule has 1 fully saturated rings. The molecule has 4 aromatic rings. The Morgan fingerprint density at radius 3 is 2.47 bits per heavy atom. The van der Waals surface area contributed by atoms with Crippen molar-refractivity contribution >= 4 is 20.9 Å². The molecule has 0 spiro atoms. The van der Waals surface area contributed by atoms with Crippen molar-refractivity contribution in [1.29, 1.82) is 0 Å². The van der Waals surface area contributed by atoms with Gasteiger partial charge in [0.2, 0.25) is 10.0 Å². The number of piperazine rings is 1. The van der Waals surface area contributed by atoms with Gasteiger partial charge >= 0.3 is 0 Å². The van der Waals surface area contributed by atoms with Crippen LogP contribution in [0.4, 0.5) is 4.39 Å². The van der Waals surface area contributed by atoms with Crippen molar-refractivity contribution in [2.24, 2.45) is 7.05 Å². The molecule has 1 aliphatic rings. The molecule has 1 saturated heterocycles.